The molecule has 0 radical (unpaired) electrons. The second-order valence-corrected chi connectivity index (χ2v) is 8.35. The Morgan fingerprint density at radius 1 is 1.06 bits per heavy atom. The van der Waals surface area contributed by atoms with E-state index >= 15 is 0 Å². The number of carbonyl (C=O) groups is 1. The van der Waals surface area contributed by atoms with E-state index in [0.29, 0.717) is 12.4 Å². The molecule has 2 aromatic carbocycles. The molecular formula is C23H30ClN5O2. The van der Waals surface area contributed by atoms with Gasteiger partial charge < -0.3 is 10.1 Å². The van der Waals surface area contributed by atoms with Crippen molar-refractivity contribution >= 4 is 18.3 Å². The van der Waals surface area contributed by atoms with Crippen LogP contribution in [-0.2, 0) is 16.1 Å². The van der Waals surface area contributed by atoms with Crippen LogP contribution < -0.4 is 5.32 Å². The number of ether oxygens (including phenoxy) is 1. The lowest BCUT2D eigenvalue weighted by molar-refractivity contribution is -0.130. The van der Waals surface area contributed by atoms with Gasteiger partial charge in [0.2, 0.25) is 5.91 Å². The van der Waals surface area contributed by atoms with Crippen LogP contribution in [0, 0.1) is 5.41 Å². The molecule has 0 spiro atoms. The average molecular weight is 444 g/mol. The smallest absolute Gasteiger partial charge is 0.226 e. The van der Waals surface area contributed by atoms with Crippen LogP contribution >= 0.6 is 12.4 Å². The van der Waals surface area contributed by atoms with Gasteiger partial charge in [-0.1, -0.05) is 81.4 Å². The normalized spacial score (nSPS) is 13.2. The molecule has 0 aliphatic rings. The van der Waals surface area contributed by atoms with Crippen molar-refractivity contribution in [2.24, 2.45) is 5.41 Å². The summed E-state index contributed by atoms with van der Waals surface area (Å²) in [7, 11) is 0. The first-order valence-electron chi connectivity index (χ1n) is 10.1. The maximum Gasteiger partial charge on any atom is 0.226 e. The van der Waals surface area contributed by atoms with E-state index in [0.717, 1.165) is 11.1 Å². The largest absolute Gasteiger partial charge is 0.374 e. The lowest BCUT2D eigenvalue weighted by Gasteiger charge is -2.25. The summed E-state index contributed by atoms with van der Waals surface area (Å²) in [6.45, 7) is 8.36. The van der Waals surface area contributed by atoms with Crippen LogP contribution in [0.1, 0.15) is 56.7 Å². The minimum absolute atomic E-state index is 0. The minimum atomic E-state index is -0.541. The fourth-order valence-corrected chi connectivity index (χ4v) is 3.00. The number of hydrogen-bond acceptors (Lipinski definition) is 5. The number of nitrogens with one attached hydrogen (secondary N) is 1. The second-order valence-electron chi connectivity index (χ2n) is 8.35. The lowest BCUT2D eigenvalue weighted by atomic mass is 9.95. The molecule has 166 valence electrons. The number of halogens is 1. The van der Waals surface area contributed by atoms with E-state index in [4.69, 9.17) is 4.74 Å². The van der Waals surface area contributed by atoms with Gasteiger partial charge in [0, 0.05) is 5.41 Å². The van der Waals surface area contributed by atoms with Crippen LogP contribution in [0.15, 0.2) is 60.7 Å². The van der Waals surface area contributed by atoms with Crippen molar-refractivity contribution in [3.05, 3.63) is 77.6 Å². The number of aromatic nitrogens is 4. The Balaban J connectivity index is 0.00000341. The summed E-state index contributed by atoms with van der Waals surface area (Å²) in [6.07, 6.45) is 0. The van der Waals surface area contributed by atoms with E-state index in [2.05, 4.69) is 20.8 Å². The van der Waals surface area contributed by atoms with E-state index in [1.165, 1.54) is 0 Å². The van der Waals surface area contributed by atoms with Crippen LogP contribution in [-0.4, -0.2) is 32.7 Å². The third-order valence-corrected chi connectivity index (χ3v) is 4.86. The second kappa shape index (κ2) is 11.0. The van der Waals surface area contributed by atoms with E-state index in [1.807, 2.05) is 88.4 Å². The van der Waals surface area contributed by atoms with Crippen LogP contribution in [0.4, 0.5) is 0 Å². The molecule has 31 heavy (non-hydrogen) atoms. The monoisotopic (exact) mass is 443 g/mol. The summed E-state index contributed by atoms with van der Waals surface area (Å²) >= 11 is 0. The molecule has 0 aliphatic heterocycles. The Hall–Kier alpha value is -2.77. The van der Waals surface area contributed by atoms with Crippen molar-refractivity contribution < 1.29 is 9.53 Å². The van der Waals surface area contributed by atoms with Gasteiger partial charge >= 0.3 is 0 Å². The van der Waals surface area contributed by atoms with Gasteiger partial charge in [0.05, 0.1) is 19.3 Å². The van der Waals surface area contributed by atoms with Crippen molar-refractivity contribution in [1.29, 1.82) is 0 Å². The molecule has 1 amide bonds. The van der Waals surface area contributed by atoms with Crippen LogP contribution in [0.5, 0.6) is 0 Å². The molecule has 2 atom stereocenters. The molecule has 0 aliphatic carbocycles. The van der Waals surface area contributed by atoms with Crippen LogP contribution in [0.25, 0.3) is 0 Å². The van der Waals surface area contributed by atoms with Gasteiger partial charge in [-0.3, -0.25) is 4.79 Å². The number of hydrogen-bond donors (Lipinski definition) is 1. The van der Waals surface area contributed by atoms with Gasteiger partial charge in [0.1, 0.15) is 6.04 Å². The summed E-state index contributed by atoms with van der Waals surface area (Å²) in [5.41, 5.74) is 1.61. The highest BCUT2D eigenvalue weighted by Crippen LogP contribution is 2.22. The molecule has 1 N–H and O–H groups in total. The molecule has 1 aromatic heterocycles. The van der Waals surface area contributed by atoms with Gasteiger partial charge in [-0.15, -0.1) is 17.5 Å². The Morgan fingerprint density at radius 2 is 1.68 bits per heavy atom. The molecule has 3 rings (SSSR count). The highest BCUT2D eigenvalue weighted by Gasteiger charge is 2.29. The van der Waals surface area contributed by atoms with Crippen molar-refractivity contribution in [3.8, 4) is 0 Å². The predicted octanol–water partition coefficient (Wildman–Crippen LogP) is 4.12. The Labute approximate surface area is 189 Å². The van der Waals surface area contributed by atoms with Crippen molar-refractivity contribution in [2.45, 2.75) is 46.4 Å². The fourth-order valence-electron chi connectivity index (χ4n) is 3.00. The molecule has 1 unspecified atom stereocenters. The molecular weight excluding hydrogens is 414 g/mol. The number of benzene rings is 2. The van der Waals surface area contributed by atoms with Crippen LogP contribution in [0.3, 0.4) is 0 Å². The van der Waals surface area contributed by atoms with Crippen molar-refractivity contribution in [3.63, 3.8) is 0 Å². The molecule has 1 heterocycles. The molecule has 0 saturated carbocycles. The Bertz CT molecular complexity index is 941. The SMILES string of the molecule is CC(c1ccccc1)n1nnnc1[C@@H](COCc1ccccc1)NC(=O)C(C)(C)C.Cl. The molecule has 7 nitrogen and oxygen atoms in total. The zero-order chi connectivity index (χ0) is 21.6. The summed E-state index contributed by atoms with van der Waals surface area (Å²) < 4.78 is 7.68. The summed E-state index contributed by atoms with van der Waals surface area (Å²) in [5, 5.41) is 15.4. The number of nitrogens with zero attached hydrogens (tertiary/aromatic N) is 4. The average Bonchev–Trinajstić information content (AvgIpc) is 3.23. The maximum absolute atomic E-state index is 12.7. The van der Waals surface area contributed by atoms with E-state index < -0.39 is 11.5 Å². The third kappa shape index (κ3) is 6.60. The number of amides is 1. The topological polar surface area (TPSA) is 81.9 Å². The summed E-state index contributed by atoms with van der Waals surface area (Å²) in [5.74, 6) is 0.481. The van der Waals surface area contributed by atoms with Crippen molar-refractivity contribution in [2.75, 3.05) is 6.61 Å². The van der Waals surface area contributed by atoms with Crippen LogP contribution in [0.2, 0.25) is 0 Å². The van der Waals surface area contributed by atoms with E-state index in [-0.39, 0.29) is 31.0 Å². The fraction of sp³-hybridized carbons (Fsp3) is 0.391. The van der Waals surface area contributed by atoms with Gasteiger partial charge in [-0.25, -0.2) is 4.68 Å². The zero-order valence-electron chi connectivity index (χ0n) is 18.4. The van der Waals surface area contributed by atoms with Gasteiger partial charge in [-0.2, -0.15) is 0 Å². The van der Waals surface area contributed by atoms with Gasteiger partial charge in [-0.05, 0) is 28.5 Å². The first kappa shape index (κ1) is 24.5. The molecule has 0 bridgehead atoms. The molecule has 0 saturated heterocycles. The summed E-state index contributed by atoms with van der Waals surface area (Å²) in [6, 6.07) is 19.4. The Kier molecular flexibility index (Phi) is 8.71. The highest BCUT2D eigenvalue weighted by atomic mass is 35.5. The van der Waals surface area contributed by atoms with Gasteiger partial charge in [0.15, 0.2) is 5.82 Å². The van der Waals surface area contributed by atoms with E-state index in [1.54, 1.807) is 4.68 Å². The zero-order valence-corrected chi connectivity index (χ0v) is 19.2. The molecule has 3 aromatic rings. The van der Waals surface area contributed by atoms with Gasteiger partial charge in [0.25, 0.3) is 0 Å². The lowest BCUT2D eigenvalue weighted by Crippen LogP contribution is -2.40. The number of rotatable bonds is 8. The predicted molar refractivity (Wildman–Crippen MR) is 122 cm³/mol. The third-order valence-electron chi connectivity index (χ3n) is 4.86. The van der Waals surface area contributed by atoms with E-state index in [9.17, 15) is 4.79 Å². The first-order valence-corrected chi connectivity index (χ1v) is 10.1. The first-order chi connectivity index (χ1) is 14.4. The maximum atomic E-state index is 12.7. The van der Waals surface area contributed by atoms with Crippen molar-refractivity contribution in [1.82, 2.24) is 25.5 Å². The number of tetrazole rings is 1. The quantitative estimate of drug-likeness (QED) is 0.566. The molecule has 8 heteroatoms. The molecule has 0 fully saturated rings. The summed E-state index contributed by atoms with van der Waals surface area (Å²) in [4.78, 5) is 12.7. The number of carbonyl (C=O) groups excluding carboxylic acids is 1. The standard InChI is InChI=1S/C23H29N5O2.ClH/c1-17(19-13-9-6-10-14-19)28-21(25-26-27-28)20(24-22(29)23(2,3)4)16-30-15-18-11-7-5-8-12-18;/h5-14,17,20H,15-16H2,1-4H3,(H,24,29);1H/t17?,20-;/m1./s1. The highest BCUT2D eigenvalue weighted by molar-refractivity contribution is 5.85. The Morgan fingerprint density at radius 3 is 2.29 bits per heavy atom. The minimum Gasteiger partial charge on any atom is -0.374 e.